The van der Waals surface area contributed by atoms with E-state index in [1.807, 2.05) is 48.7 Å². The van der Waals surface area contributed by atoms with Crippen LogP contribution >= 0.6 is 0 Å². The minimum atomic E-state index is -1.09. The molecule has 1 atom stereocenters. The average molecular weight is 464 g/mol. The fourth-order valence-corrected chi connectivity index (χ4v) is 5.42. The van der Waals surface area contributed by atoms with E-state index in [2.05, 4.69) is 5.32 Å². The number of aromatic nitrogens is 1. The fourth-order valence-electron chi connectivity index (χ4n) is 5.42. The van der Waals surface area contributed by atoms with E-state index in [0.717, 1.165) is 36.9 Å². The SMILES string of the molecule is CCOc1ccc(N2C(=O)c3cc4occc4n3C[C@@]2(C)C(=O)NC2CCCCCCC2)cc1. The first-order valence-corrected chi connectivity index (χ1v) is 12.5. The van der Waals surface area contributed by atoms with Crippen LogP contribution < -0.4 is 15.0 Å². The molecule has 7 nitrogen and oxygen atoms in total. The van der Waals surface area contributed by atoms with Crippen molar-refractivity contribution in [1.29, 1.82) is 0 Å². The molecule has 7 heteroatoms. The summed E-state index contributed by atoms with van der Waals surface area (Å²) < 4.78 is 13.1. The molecule has 3 heterocycles. The summed E-state index contributed by atoms with van der Waals surface area (Å²) in [4.78, 5) is 29.4. The third kappa shape index (κ3) is 3.97. The number of rotatable bonds is 5. The van der Waals surface area contributed by atoms with Gasteiger partial charge >= 0.3 is 0 Å². The van der Waals surface area contributed by atoms with Crippen LogP contribution in [0.15, 0.2) is 47.1 Å². The quantitative estimate of drug-likeness (QED) is 0.558. The summed E-state index contributed by atoms with van der Waals surface area (Å²) in [7, 11) is 0. The maximum atomic E-state index is 13.9. The first kappa shape index (κ1) is 22.6. The maximum Gasteiger partial charge on any atom is 0.276 e. The molecule has 1 saturated carbocycles. The topological polar surface area (TPSA) is 76.7 Å². The van der Waals surface area contributed by atoms with Crippen LogP contribution in [0.3, 0.4) is 0 Å². The number of nitrogens with zero attached hydrogens (tertiary/aromatic N) is 2. The zero-order valence-corrected chi connectivity index (χ0v) is 20.0. The highest BCUT2D eigenvalue weighted by atomic mass is 16.5. The second-order valence-corrected chi connectivity index (χ2v) is 9.64. The van der Waals surface area contributed by atoms with Crippen LogP contribution in [0.25, 0.3) is 11.1 Å². The number of hydrogen-bond acceptors (Lipinski definition) is 4. The van der Waals surface area contributed by atoms with Crippen molar-refractivity contribution in [3.05, 3.63) is 48.4 Å². The summed E-state index contributed by atoms with van der Waals surface area (Å²) in [6, 6.07) is 11.2. The highest BCUT2D eigenvalue weighted by Gasteiger charge is 2.49. The van der Waals surface area contributed by atoms with Crippen LogP contribution in [0.1, 0.15) is 69.3 Å². The van der Waals surface area contributed by atoms with E-state index in [9.17, 15) is 9.59 Å². The zero-order chi connectivity index (χ0) is 23.7. The molecule has 0 saturated heterocycles. The van der Waals surface area contributed by atoms with Gasteiger partial charge in [-0.3, -0.25) is 14.5 Å². The molecule has 1 fully saturated rings. The molecule has 1 N–H and O–H groups in total. The van der Waals surface area contributed by atoms with Crippen molar-refractivity contribution >= 4 is 28.6 Å². The Kier molecular flexibility index (Phi) is 6.11. The Balaban J connectivity index is 1.52. The number of nitrogens with one attached hydrogen (secondary N) is 1. The lowest BCUT2D eigenvalue weighted by Gasteiger charge is -2.44. The third-order valence-electron chi connectivity index (χ3n) is 7.24. The predicted octanol–water partition coefficient (Wildman–Crippen LogP) is 5.28. The summed E-state index contributed by atoms with van der Waals surface area (Å²) >= 11 is 0. The molecule has 1 aliphatic heterocycles. The summed E-state index contributed by atoms with van der Waals surface area (Å²) in [6.07, 6.45) is 9.54. The lowest BCUT2D eigenvalue weighted by Crippen LogP contribution is -2.65. The molecule has 0 unspecified atom stereocenters. The second-order valence-electron chi connectivity index (χ2n) is 9.64. The number of carbonyl (C=O) groups is 2. The van der Waals surface area contributed by atoms with Gasteiger partial charge in [-0.2, -0.15) is 0 Å². The molecule has 2 aromatic heterocycles. The highest BCUT2D eigenvalue weighted by molar-refractivity contribution is 6.13. The van der Waals surface area contributed by atoms with Crippen LogP contribution in [0.2, 0.25) is 0 Å². The molecule has 180 valence electrons. The summed E-state index contributed by atoms with van der Waals surface area (Å²) in [5.74, 6) is 0.408. The van der Waals surface area contributed by atoms with Gasteiger partial charge in [0.1, 0.15) is 17.0 Å². The molecular weight excluding hydrogens is 430 g/mol. The molecular formula is C27H33N3O4. The number of fused-ring (bicyclic) bond motifs is 3. The Morgan fingerprint density at radius 2 is 1.82 bits per heavy atom. The Morgan fingerprint density at radius 3 is 2.53 bits per heavy atom. The maximum absolute atomic E-state index is 13.9. The van der Waals surface area contributed by atoms with E-state index in [0.29, 0.717) is 30.1 Å². The number of benzene rings is 1. The molecule has 1 aliphatic carbocycles. The first-order chi connectivity index (χ1) is 16.5. The normalized spacial score (nSPS) is 21.7. The van der Waals surface area contributed by atoms with Crippen molar-refractivity contribution in [2.75, 3.05) is 11.5 Å². The number of amides is 2. The van der Waals surface area contributed by atoms with Crippen molar-refractivity contribution in [1.82, 2.24) is 9.88 Å². The lowest BCUT2D eigenvalue weighted by atomic mass is 9.91. The number of carbonyl (C=O) groups excluding carboxylic acids is 2. The van der Waals surface area contributed by atoms with E-state index in [4.69, 9.17) is 9.15 Å². The van der Waals surface area contributed by atoms with Gasteiger partial charge in [0.25, 0.3) is 5.91 Å². The minimum Gasteiger partial charge on any atom is -0.494 e. The minimum absolute atomic E-state index is 0.115. The number of hydrogen-bond donors (Lipinski definition) is 1. The van der Waals surface area contributed by atoms with Gasteiger partial charge in [0.15, 0.2) is 5.58 Å². The molecule has 5 rings (SSSR count). The molecule has 34 heavy (non-hydrogen) atoms. The van der Waals surface area contributed by atoms with Gasteiger partial charge in [-0.05, 0) is 51.0 Å². The van der Waals surface area contributed by atoms with Crippen LogP contribution in [-0.4, -0.2) is 34.6 Å². The van der Waals surface area contributed by atoms with Crippen molar-refractivity contribution < 1.29 is 18.7 Å². The molecule has 0 radical (unpaired) electrons. The van der Waals surface area contributed by atoms with Crippen LogP contribution in [0.5, 0.6) is 5.75 Å². The van der Waals surface area contributed by atoms with Gasteiger partial charge in [-0.1, -0.05) is 32.1 Å². The lowest BCUT2D eigenvalue weighted by molar-refractivity contribution is -0.127. The average Bonchev–Trinajstić information content (AvgIpc) is 3.39. The molecule has 0 bridgehead atoms. The molecule has 3 aromatic rings. The molecule has 0 spiro atoms. The molecule has 2 aliphatic rings. The Hall–Kier alpha value is -3.22. The van der Waals surface area contributed by atoms with Crippen LogP contribution in [0, 0.1) is 0 Å². The molecule has 2 amide bonds. The van der Waals surface area contributed by atoms with Gasteiger partial charge in [-0.25, -0.2) is 0 Å². The number of anilines is 1. The van der Waals surface area contributed by atoms with E-state index in [-0.39, 0.29) is 17.9 Å². The Bertz CT molecular complexity index is 1170. The van der Waals surface area contributed by atoms with Crippen molar-refractivity contribution in [2.45, 2.75) is 76.9 Å². The largest absolute Gasteiger partial charge is 0.494 e. The smallest absolute Gasteiger partial charge is 0.276 e. The van der Waals surface area contributed by atoms with E-state index in [1.165, 1.54) is 19.3 Å². The van der Waals surface area contributed by atoms with E-state index < -0.39 is 5.54 Å². The van der Waals surface area contributed by atoms with Crippen molar-refractivity contribution in [2.24, 2.45) is 0 Å². The van der Waals surface area contributed by atoms with Crippen molar-refractivity contribution in [3.63, 3.8) is 0 Å². The zero-order valence-electron chi connectivity index (χ0n) is 20.0. The summed E-state index contributed by atoms with van der Waals surface area (Å²) in [5.41, 5.74) is 1.59. The monoisotopic (exact) mass is 463 g/mol. The molecule has 1 aromatic carbocycles. The fraction of sp³-hybridized carbons (Fsp3) is 0.481. The summed E-state index contributed by atoms with van der Waals surface area (Å²) in [5, 5.41) is 3.32. The van der Waals surface area contributed by atoms with Gasteiger partial charge in [-0.15, -0.1) is 0 Å². The highest BCUT2D eigenvalue weighted by Crippen LogP contribution is 2.37. The van der Waals surface area contributed by atoms with E-state index >= 15 is 0 Å². The predicted molar refractivity (Wildman–Crippen MR) is 131 cm³/mol. The number of ether oxygens (including phenoxy) is 1. The van der Waals surface area contributed by atoms with Crippen LogP contribution in [-0.2, 0) is 11.3 Å². The standard InChI is InChI=1S/C27H33N3O4/c1-3-33-21-13-11-20(12-14-21)30-25(31)23-17-24-22(15-16-34-24)29(23)18-27(30,2)26(32)28-19-9-7-5-4-6-8-10-19/h11-17,19H,3-10,18H2,1-2H3,(H,28,32)/t27-/m0/s1. The second kappa shape index (κ2) is 9.20. The Morgan fingerprint density at radius 1 is 1.12 bits per heavy atom. The Labute approximate surface area is 200 Å². The van der Waals surface area contributed by atoms with Gasteiger partial charge in [0.2, 0.25) is 5.91 Å². The van der Waals surface area contributed by atoms with Crippen molar-refractivity contribution in [3.8, 4) is 5.75 Å². The summed E-state index contributed by atoms with van der Waals surface area (Å²) in [6.45, 7) is 4.72. The van der Waals surface area contributed by atoms with Gasteiger partial charge in [0.05, 0.1) is 24.9 Å². The van der Waals surface area contributed by atoms with Gasteiger partial charge in [0, 0.05) is 23.9 Å². The van der Waals surface area contributed by atoms with E-state index in [1.54, 1.807) is 17.2 Å². The van der Waals surface area contributed by atoms with Crippen LogP contribution in [0.4, 0.5) is 5.69 Å². The van der Waals surface area contributed by atoms with Gasteiger partial charge < -0.3 is 19.0 Å². The first-order valence-electron chi connectivity index (χ1n) is 12.5. The number of furan rings is 1. The third-order valence-corrected chi connectivity index (χ3v) is 7.24.